The lowest BCUT2D eigenvalue weighted by molar-refractivity contribution is 0.249. The van der Waals surface area contributed by atoms with Gasteiger partial charge in [-0.05, 0) is 49.2 Å². The van der Waals surface area contributed by atoms with Gasteiger partial charge in [0.05, 0.1) is 13.2 Å². The number of rotatable bonds is 7. The van der Waals surface area contributed by atoms with E-state index in [1.165, 1.54) is 0 Å². The van der Waals surface area contributed by atoms with E-state index in [0.29, 0.717) is 29.7 Å². The van der Waals surface area contributed by atoms with Crippen molar-refractivity contribution in [2.75, 3.05) is 12.4 Å². The van der Waals surface area contributed by atoms with Gasteiger partial charge in [-0.25, -0.2) is 4.79 Å². The van der Waals surface area contributed by atoms with Crippen molar-refractivity contribution < 1.29 is 18.8 Å². The van der Waals surface area contributed by atoms with Gasteiger partial charge in [0.2, 0.25) is 0 Å². The smallest absolute Gasteiger partial charge is 0.320 e. The molecular weight excluding hydrogens is 360 g/mol. The molecule has 8 heteroatoms. The van der Waals surface area contributed by atoms with Crippen molar-refractivity contribution >= 4 is 11.8 Å². The van der Waals surface area contributed by atoms with Crippen LogP contribution in [0.15, 0.2) is 53.3 Å². The SMILES string of the molecule is COc1cc([C@@H](C)NC(=O)Nc2cc(C)on2)ccc1OCc1ccncc1. The minimum atomic E-state index is -0.377. The maximum atomic E-state index is 12.1. The van der Waals surface area contributed by atoms with Crippen LogP contribution in [0.2, 0.25) is 0 Å². The molecule has 3 aromatic rings. The number of amides is 2. The third kappa shape index (κ3) is 5.00. The summed E-state index contributed by atoms with van der Waals surface area (Å²) in [7, 11) is 1.58. The van der Waals surface area contributed by atoms with Gasteiger partial charge in [-0.2, -0.15) is 0 Å². The third-order valence-electron chi connectivity index (χ3n) is 4.05. The largest absolute Gasteiger partial charge is 0.493 e. The van der Waals surface area contributed by atoms with Crippen LogP contribution >= 0.6 is 0 Å². The van der Waals surface area contributed by atoms with E-state index in [2.05, 4.69) is 20.8 Å². The maximum Gasteiger partial charge on any atom is 0.320 e. The van der Waals surface area contributed by atoms with Crippen LogP contribution in [-0.2, 0) is 6.61 Å². The summed E-state index contributed by atoms with van der Waals surface area (Å²) < 4.78 is 16.2. The van der Waals surface area contributed by atoms with Gasteiger partial charge in [-0.15, -0.1) is 0 Å². The number of carbonyl (C=O) groups excluding carboxylic acids is 1. The highest BCUT2D eigenvalue weighted by molar-refractivity contribution is 5.88. The van der Waals surface area contributed by atoms with E-state index in [0.717, 1.165) is 11.1 Å². The molecule has 2 amide bonds. The van der Waals surface area contributed by atoms with Gasteiger partial charge in [-0.3, -0.25) is 10.3 Å². The summed E-state index contributed by atoms with van der Waals surface area (Å²) >= 11 is 0. The highest BCUT2D eigenvalue weighted by atomic mass is 16.5. The van der Waals surface area contributed by atoms with Crippen LogP contribution < -0.4 is 20.1 Å². The van der Waals surface area contributed by atoms with Crippen molar-refractivity contribution in [1.82, 2.24) is 15.5 Å². The number of hydrogen-bond donors (Lipinski definition) is 2. The van der Waals surface area contributed by atoms with Crippen LogP contribution in [0.3, 0.4) is 0 Å². The molecule has 2 N–H and O–H groups in total. The predicted molar refractivity (Wildman–Crippen MR) is 103 cm³/mol. The Balaban J connectivity index is 1.62. The molecule has 8 nitrogen and oxygen atoms in total. The quantitative estimate of drug-likeness (QED) is 0.644. The number of urea groups is 1. The second-order valence-electron chi connectivity index (χ2n) is 6.20. The number of hydrogen-bond acceptors (Lipinski definition) is 6. The Morgan fingerprint density at radius 3 is 2.64 bits per heavy atom. The summed E-state index contributed by atoms with van der Waals surface area (Å²) in [6.45, 7) is 4.04. The number of carbonyl (C=O) groups is 1. The van der Waals surface area contributed by atoms with Gasteiger partial charge < -0.3 is 19.3 Å². The first kappa shape index (κ1) is 19.2. The summed E-state index contributed by atoms with van der Waals surface area (Å²) in [5.41, 5.74) is 1.88. The first-order chi connectivity index (χ1) is 13.5. The molecule has 2 aromatic heterocycles. The molecule has 0 saturated heterocycles. The number of ether oxygens (including phenoxy) is 2. The third-order valence-corrected chi connectivity index (χ3v) is 4.05. The lowest BCUT2D eigenvalue weighted by Crippen LogP contribution is -2.31. The molecule has 0 aliphatic carbocycles. The van der Waals surface area contributed by atoms with Gasteiger partial charge in [0.25, 0.3) is 0 Å². The molecule has 146 valence electrons. The second kappa shape index (κ2) is 8.90. The first-order valence-corrected chi connectivity index (χ1v) is 8.75. The van der Waals surface area contributed by atoms with Gasteiger partial charge in [-0.1, -0.05) is 11.2 Å². The molecule has 3 rings (SSSR count). The Morgan fingerprint density at radius 2 is 1.96 bits per heavy atom. The number of aryl methyl sites for hydroxylation is 1. The van der Waals surface area contributed by atoms with Crippen LogP contribution in [0.4, 0.5) is 10.6 Å². The van der Waals surface area contributed by atoms with Gasteiger partial charge in [0.15, 0.2) is 17.3 Å². The summed E-state index contributed by atoms with van der Waals surface area (Å²) in [5.74, 6) is 2.20. The standard InChI is InChI=1S/C20H22N4O4/c1-13-10-19(24-28-13)23-20(25)22-14(2)16-4-5-17(18(11-16)26-3)27-12-15-6-8-21-9-7-15/h4-11,14H,12H2,1-3H3,(H2,22,23,24,25)/t14-/m1/s1. The van der Waals surface area contributed by atoms with E-state index in [4.69, 9.17) is 14.0 Å². The summed E-state index contributed by atoms with van der Waals surface area (Å²) in [6, 6.07) is 10.3. The summed E-state index contributed by atoms with van der Waals surface area (Å²) in [6.07, 6.45) is 3.44. The maximum absolute atomic E-state index is 12.1. The Morgan fingerprint density at radius 1 is 1.18 bits per heavy atom. The normalized spacial score (nSPS) is 11.5. The minimum Gasteiger partial charge on any atom is -0.493 e. The van der Waals surface area contributed by atoms with E-state index in [1.54, 1.807) is 32.5 Å². The van der Waals surface area contributed by atoms with E-state index in [-0.39, 0.29) is 12.1 Å². The number of methoxy groups -OCH3 is 1. The van der Waals surface area contributed by atoms with Crippen molar-refractivity contribution in [1.29, 1.82) is 0 Å². The molecular formula is C20H22N4O4. The molecule has 0 aliphatic rings. The van der Waals surface area contributed by atoms with Gasteiger partial charge >= 0.3 is 6.03 Å². The molecule has 0 unspecified atom stereocenters. The fourth-order valence-corrected chi connectivity index (χ4v) is 2.57. The van der Waals surface area contributed by atoms with Crippen molar-refractivity contribution in [2.24, 2.45) is 0 Å². The Hall–Kier alpha value is -3.55. The lowest BCUT2D eigenvalue weighted by Gasteiger charge is -2.17. The van der Waals surface area contributed by atoms with Gasteiger partial charge in [0.1, 0.15) is 12.4 Å². The topological polar surface area (TPSA) is 98.5 Å². The fraction of sp³-hybridized carbons (Fsp3) is 0.250. The Labute approximate surface area is 162 Å². The fourth-order valence-electron chi connectivity index (χ4n) is 2.57. The molecule has 0 fully saturated rings. The molecule has 1 aromatic carbocycles. The zero-order chi connectivity index (χ0) is 19.9. The van der Waals surface area contributed by atoms with Crippen LogP contribution in [0.25, 0.3) is 0 Å². The molecule has 28 heavy (non-hydrogen) atoms. The zero-order valence-electron chi connectivity index (χ0n) is 15.9. The molecule has 0 radical (unpaired) electrons. The van der Waals surface area contributed by atoms with Crippen LogP contribution in [0.5, 0.6) is 11.5 Å². The van der Waals surface area contributed by atoms with E-state index in [1.807, 2.05) is 37.3 Å². The lowest BCUT2D eigenvalue weighted by atomic mass is 10.1. The van der Waals surface area contributed by atoms with Crippen molar-refractivity contribution in [2.45, 2.75) is 26.5 Å². The summed E-state index contributed by atoms with van der Waals surface area (Å²) in [4.78, 5) is 16.1. The van der Waals surface area contributed by atoms with E-state index < -0.39 is 0 Å². The first-order valence-electron chi connectivity index (χ1n) is 8.75. The van der Waals surface area contributed by atoms with Crippen molar-refractivity contribution in [3.63, 3.8) is 0 Å². The van der Waals surface area contributed by atoms with Crippen molar-refractivity contribution in [3.8, 4) is 11.5 Å². The number of nitrogens with zero attached hydrogens (tertiary/aromatic N) is 2. The zero-order valence-corrected chi connectivity index (χ0v) is 15.9. The van der Waals surface area contributed by atoms with Crippen LogP contribution in [0, 0.1) is 6.92 Å². The monoisotopic (exact) mass is 382 g/mol. The number of pyridine rings is 1. The number of aromatic nitrogens is 2. The molecule has 0 bridgehead atoms. The predicted octanol–water partition coefficient (Wildman–Crippen LogP) is 3.85. The van der Waals surface area contributed by atoms with E-state index in [9.17, 15) is 4.79 Å². The second-order valence-corrected chi connectivity index (χ2v) is 6.20. The molecule has 0 saturated carbocycles. The average molecular weight is 382 g/mol. The average Bonchev–Trinajstić information content (AvgIpc) is 3.11. The Bertz CT molecular complexity index is 927. The molecule has 0 spiro atoms. The number of nitrogens with one attached hydrogen (secondary N) is 2. The number of benzene rings is 1. The molecule has 1 atom stereocenters. The van der Waals surface area contributed by atoms with Crippen LogP contribution in [0.1, 0.15) is 29.9 Å². The molecule has 0 aliphatic heterocycles. The van der Waals surface area contributed by atoms with E-state index >= 15 is 0 Å². The Kier molecular flexibility index (Phi) is 6.11. The highest BCUT2D eigenvalue weighted by Gasteiger charge is 2.14. The van der Waals surface area contributed by atoms with Gasteiger partial charge in [0, 0.05) is 18.5 Å². The highest BCUT2D eigenvalue weighted by Crippen LogP contribution is 2.31. The number of anilines is 1. The summed E-state index contributed by atoms with van der Waals surface area (Å²) in [5, 5.41) is 9.21. The van der Waals surface area contributed by atoms with Crippen molar-refractivity contribution in [3.05, 3.63) is 65.7 Å². The molecule has 2 heterocycles. The van der Waals surface area contributed by atoms with Crippen LogP contribution in [-0.4, -0.2) is 23.3 Å². The minimum absolute atomic E-state index is 0.254.